The Bertz CT molecular complexity index is 757. The van der Waals surface area contributed by atoms with E-state index in [1.807, 2.05) is 19.9 Å². The first-order chi connectivity index (χ1) is 11.4. The number of amides is 1. The molecular weight excluding hydrogens is 306 g/mol. The first kappa shape index (κ1) is 17.6. The van der Waals surface area contributed by atoms with Crippen molar-refractivity contribution < 1.29 is 14.7 Å². The number of hydrogen-bond acceptors (Lipinski definition) is 4. The Morgan fingerprint density at radius 2 is 2.04 bits per heavy atom. The van der Waals surface area contributed by atoms with Gasteiger partial charge in [-0.25, -0.2) is 14.8 Å². The molecule has 0 aliphatic carbocycles. The van der Waals surface area contributed by atoms with Crippen LogP contribution in [-0.4, -0.2) is 33.5 Å². The van der Waals surface area contributed by atoms with Crippen LogP contribution < -0.4 is 5.32 Å². The molecule has 6 nitrogen and oxygen atoms in total. The third-order valence-electron chi connectivity index (χ3n) is 3.60. The summed E-state index contributed by atoms with van der Waals surface area (Å²) in [5, 5.41) is 11.8. The quantitative estimate of drug-likeness (QED) is 0.851. The lowest BCUT2D eigenvalue weighted by Gasteiger charge is -2.12. The first-order valence-corrected chi connectivity index (χ1v) is 7.82. The van der Waals surface area contributed by atoms with Crippen LogP contribution in [0, 0.1) is 6.92 Å². The maximum Gasteiger partial charge on any atom is 0.335 e. The number of rotatable bonds is 6. The van der Waals surface area contributed by atoms with E-state index in [2.05, 4.69) is 15.3 Å². The second-order valence-corrected chi connectivity index (χ2v) is 5.88. The summed E-state index contributed by atoms with van der Waals surface area (Å²) < 4.78 is 0. The fraction of sp³-hybridized carbons (Fsp3) is 0.333. The lowest BCUT2D eigenvalue weighted by molar-refractivity contribution is 0.0696. The minimum absolute atomic E-state index is 0.125. The molecule has 0 bridgehead atoms. The number of aromatic nitrogens is 2. The highest BCUT2D eigenvalue weighted by Crippen LogP contribution is 2.16. The normalized spacial score (nSPS) is 10.7. The second kappa shape index (κ2) is 7.68. The van der Waals surface area contributed by atoms with Crippen LogP contribution in [0.4, 0.5) is 0 Å². The van der Waals surface area contributed by atoms with E-state index in [9.17, 15) is 9.59 Å². The number of nitrogens with one attached hydrogen (secondary N) is 1. The summed E-state index contributed by atoms with van der Waals surface area (Å²) in [6.45, 7) is 6.17. The van der Waals surface area contributed by atoms with E-state index in [1.165, 1.54) is 0 Å². The standard InChI is InChI=1S/C18H21N3O3/c1-11(2)16-15(10-20-12(3)21-16)17(22)19-8-7-13-5-4-6-14(9-13)18(23)24/h4-6,9-11H,7-8H2,1-3H3,(H,19,22)(H,23,24). The van der Waals surface area contributed by atoms with Crippen molar-refractivity contribution in [3.05, 3.63) is 58.7 Å². The lowest BCUT2D eigenvalue weighted by Crippen LogP contribution is -2.27. The van der Waals surface area contributed by atoms with E-state index in [0.29, 0.717) is 24.4 Å². The minimum Gasteiger partial charge on any atom is -0.478 e. The van der Waals surface area contributed by atoms with Crippen molar-refractivity contribution in [1.29, 1.82) is 0 Å². The molecule has 0 unspecified atom stereocenters. The van der Waals surface area contributed by atoms with E-state index in [-0.39, 0.29) is 17.4 Å². The highest BCUT2D eigenvalue weighted by atomic mass is 16.4. The van der Waals surface area contributed by atoms with Crippen molar-refractivity contribution in [3.8, 4) is 0 Å². The van der Waals surface area contributed by atoms with E-state index in [1.54, 1.807) is 31.3 Å². The summed E-state index contributed by atoms with van der Waals surface area (Å²) in [4.78, 5) is 31.8. The van der Waals surface area contributed by atoms with Crippen LogP contribution in [0.5, 0.6) is 0 Å². The predicted octanol–water partition coefficient (Wildman–Crippen LogP) is 2.58. The van der Waals surface area contributed by atoms with Crippen molar-refractivity contribution in [2.45, 2.75) is 33.1 Å². The maximum atomic E-state index is 12.4. The third-order valence-corrected chi connectivity index (χ3v) is 3.60. The number of carbonyl (C=O) groups excluding carboxylic acids is 1. The lowest BCUT2D eigenvalue weighted by atomic mass is 10.0. The number of carboxylic acid groups (broad SMARTS) is 1. The Labute approximate surface area is 141 Å². The van der Waals surface area contributed by atoms with Gasteiger partial charge >= 0.3 is 5.97 Å². The Morgan fingerprint density at radius 1 is 1.29 bits per heavy atom. The van der Waals surface area contributed by atoms with Crippen molar-refractivity contribution in [3.63, 3.8) is 0 Å². The molecule has 0 saturated heterocycles. The summed E-state index contributed by atoms with van der Waals surface area (Å²) >= 11 is 0. The molecular formula is C18H21N3O3. The first-order valence-electron chi connectivity index (χ1n) is 7.82. The summed E-state index contributed by atoms with van der Waals surface area (Å²) in [6.07, 6.45) is 2.11. The Kier molecular flexibility index (Phi) is 5.63. The van der Waals surface area contributed by atoms with Crippen LogP contribution >= 0.6 is 0 Å². The molecule has 0 aliphatic heterocycles. The summed E-state index contributed by atoms with van der Waals surface area (Å²) in [5.74, 6) is -0.409. The summed E-state index contributed by atoms with van der Waals surface area (Å²) in [5.41, 5.74) is 2.31. The number of hydrogen-bond donors (Lipinski definition) is 2. The summed E-state index contributed by atoms with van der Waals surface area (Å²) in [7, 11) is 0. The van der Waals surface area contributed by atoms with Gasteiger partial charge in [0.05, 0.1) is 16.8 Å². The van der Waals surface area contributed by atoms with Gasteiger partial charge in [-0.15, -0.1) is 0 Å². The summed E-state index contributed by atoms with van der Waals surface area (Å²) in [6, 6.07) is 6.70. The number of nitrogens with zero attached hydrogens (tertiary/aromatic N) is 2. The number of aromatic carboxylic acids is 1. The van der Waals surface area contributed by atoms with Gasteiger partial charge in [0.2, 0.25) is 0 Å². The SMILES string of the molecule is Cc1ncc(C(=O)NCCc2cccc(C(=O)O)c2)c(C(C)C)n1. The van der Waals surface area contributed by atoms with E-state index < -0.39 is 5.97 Å². The number of carboxylic acids is 1. The molecule has 2 N–H and O–H groups in total. The molecule has 1 aromatic heterocycles. The van der Waals surface area contributed by atoms with Gasteiger partial charge in [-0.05, 0) is 37.0 Å². The molecule has 0 aliphatic rings. The molecule has 0 saturated carbocycles. The van der Waals surface area contributed by atoms with Gasteiger partial charge in [-0.2, -0.15) is 0 Å². The molecule has 1 heterocycles. The van der Waals surface area contributed by atoms with Crippen LogP contribution in [-0.2, 0) is 6.42 Å². The molecule has 0 atom stereocenters. The molecule has 1 aromatic carbocycles. The Balaban J connectivity index is 2.01. The minimum atomic E-state index is -0.959. The molecule has 0 fully saturated rings. The fourth-order valence-corrected chi connectivity index (χ4v) is 2.38. The molecule has 0 spiro atoms. The molecule has 2 rings (SSSR count). The van der Waals surface area contributed by atoms with Crippen LogP contribution in [0.15, 0.2) is 30.5 Å². The predicted molar refractivity (Wildman–Crippen MR) is 90.3 cm³/mol. The molecule has 0 radical (unpaired) electrons. The van der Waals surface area contributed by atoms with Crippen LogP contribution in [0.3, 0.4) is 0 Å². The average molecular weight is 327 g/mol. The van der Waals surface area contributed by atoms with Crippen molar-refractivity contribution in [2.24, 2.45) is 0 Å². The highest BCUT2D eigenvalue weighted by molar-refractivity contribution is 5.95. The van der Waals surface area contributed by atoms with E-state index in [0.717, 1.165) is 11.3 Å². The largest absolute Gasteiger partial charge is 0.478 e. The number of carbonyl (C=O) groups is 2. The van der Waals surface area contributed by atoms with E-state index >= 15 is 0 Å². The van der Waals surface area contributed by atoms with Gasteiger partial charge in [-0.3, -0.25) is 4.79 Å². The number of benzene rings is 1. The topological polar surface area (TPSA) is 92.2 Å². The average Bonchev–Trinajstić information content (AvgIpc) is 2.54. The molecule has 126 valence electrons. The zero-order chi connectivity index (χ0) is 17.7. The maximum absolute atomic E-state index is 12.4. The molecule has 24 heavy (non-hydrogen) atoms. The third kappa shape index (κ3) is 4.38. The smallest absolute Gasteiger partial charge is 0.335 e. The Hall–Kier alpha value is -2.76. The van der Waals surface area contributed by atoms with Crippen molar-refractivity contribution in [1.82, 2.24) is 15.3 Å². The van der Waals surface area contributed by atoms with Crippen molar-refractivity contribution in [2.75, 3.05) is 6.54 Å². The number of aryl methyl sites for hydroxylation is 1. The van der Waals surface area contributed by atoms with Gasteiger partial charge in [0.1, 0.15) is 5.82 Å². The van der Waals surface area contributed by atoms with Gasteiger partial charge in [0.15, 0.2) is 0 Å². The Morgan fingerprint density at radius 3 is 2.71 bits per heavy atom. The van der Waals surface area contributed by atoms with Gasteiger partial charge in [-0.1, -0.05) is 26.0 Å². The van der Waals surface area contributed by atoms with Gasteiger partial charge in [0.25, 0.3) is 5.91 Å². The second-order valence-electron chi connectivity index (χ2n) is 5.88. The van der Waals surface area contributed by atoms with Crippen LogP contribution in [0.2, 0.25) is 0 Å². The molecule has 2 aromatic rings. The van der Waals surface area contributed by atoms with Crippen LogP contribution in [0.25, 0.3) is 0 Å². The molecule has 1 amide bonds. The van der Waals surface area contributed by atoms with Crippen molar-refractivity contribution >= 4 is 11.9 Å². The zero-order valence-electron chi connectivity index (χ0n) is 14.0. The monoisotopic (exact) mass is 327 g/mol. The van der Waals surface area contributed by atoms with Gasteiger partial charge in [0, 0.05) is 12.7 Å². The zero-order valence-corrected chi connectivity index (χ0v) is 14.0. The highest BCUT2D eigenvalue weighted by Gasteiger charge is 2.16. The van der Waals surface area contributed by atoms with E-state index in [4.69, 9.17) is 5.11 Å². The van der Waals surface area contributed by atoms with Gasteiger partial charge < -0.3 is 10.4 Å². The van der Waals surface area contributed by atoms with Crippen LogP contribution in [0.1, 0.15) is 57.6 Å². The molecule has 6 heteroatoms. The fourth-order valence-electron chi connectivity index (χ4n) is 2.38.